The Balaban J connectivity index is 2.52. The number of hydrogen-bond acceptors (Lipinski definition) is 4. The number of carbonyl (C=O) groups excluding carboxylic acids is 1. The highest BCUT2D eigenvalue weighted by Crippen LogP contribution is 2.40. The van der Waals surface area contributed by atoms with Crippen molar-refractivity contribution in [3.8, 4) is 0 Å². The second-order valence-corrected chi connectivity index (χ2v) is 5.10. The van der Waals surface area contributed by atoms with Gasteiger partial charge >= 0.3 is 6.09 Å². The van der Waals surface area contributed by atoms with Crippen LogP contribution in [0.3, 0.4) is 0 Å². The molecule has 1 aliphatic heterocycles. The molecule has 102 valence electrons. The van der Waals surface area contributed by atoms with Gasteiger partial charge in [-0.2, -0.15) is 0 Å². The molecule has 0 aromatic heterocycles. The summed E-state index contributed by atoms with van der Waals surface area (Å²) in [6, 6.07) is 2.53. The minimum absolute atomic E-state index is 0.108. The summed E-state index contributed by atoms with van der Waals surface area (Å²) >= 11 is 0. The van der Waals surface area contributed by atoms with Crippen molar-refractivity contribution in [1.29, 1.82) is 0 Å². The molecule has 7 heteroatoms. The lowest BCUT2D eigenvalue weighted by Gasteiger charge is -2.38. The summed E-state index contributed by atoms with van der Waals surface area (Å²) in [6.45, 7) is 3.68. The van der Waals surface area contributed by atoms with E-state index in [0.717, 1.165) is 18.2 Å². The van der Waals surface area contributed by atoms with Crippen LogP contribution < -0.4 is 5.32 Å². The van der Waals surface area contributed by atoms with Gasteiger partial charge in [-0.05, 0) is 12.1 Å². The average Bonchev–Trinajstić information content (AvgIpc) is 2.32. The van der Waals surface area contributed by atoms with Gasteiger partial charge in [0.15, 0.2) is 0 Å². The third-order valence-corrected chi connectivity index (χ3v) is 3.12. The Hall–Kier alpha value is -2.18. The van der Waals surface area contributed by atoms with Crippen LogP contribution in [-0.4, -0.2) is 17.6 Å². The molecule has 0 unspecified atom stereocenters. The number of alkyl carbamates (subject to hydrolysis) is 1. The molecule has 6 nitrogen and oxygen atoms in total. The number of nitro benzene ring substituents is 1. The number of cyclic esters (lactones) is 1. The van der Waals surface area contributed by atoms with E-state index in [4.69, 9.17) is 4.74 Å². The number of hydrogen-bond donors (Lipinski definition) is 1. The van der Waals surface area contributed by atoms with Crippen molar-refractivity contribution in [2.75, 3.05) is 6.61 Å². The van der Waals surface area contributed by atoms with Gasteiger partial charge in [0.05, 0.1) is 16.5 Å². The minimum atomic E-state index is -0.676. The summed E-state index contributed by atoms with van der Waals surface area (Å²) in [6.07, 6.45) is -0.664. The number of benzene rings is 1. The Labute approximate surface area is 108 Å². The third-order valence-electron chi connectivity index (χ3n) is 3.12. The maximum Gasteiger partial charge on any atom is 0.407 e. The highest BCUT2D eigenvalue weighted by Gasteiger charge is 2.41. The van der Waals surface area contributed by atoms with E-state index in [1.54, 1.807) is 13.8 Å². The minimum Gasteiger partial charge on any atom is -0.449 e. The smallest absolute Gasteiger partial charge is 0.407 e. The van der Waals surface area contributed by atoms with Crippen molar-refractivity contribution < 1.29 is 18.8 Å². The summed E-state index contributed by atoms with van der Waals surface area (Å²) in [4.78, 5) is 21.7. The number of rotatable bonds is 2. The van der Waals surface area contributed by atoms with Crippen molar-refractivity contribution in [3.63, 3.8) is 0 Å². The van der Waals surface area contributed by atoms with Gasteiger partial charge in [-0.1, -0.05) is 13.8 Å². The number of amides is 1. The fourth-order valence-electron chi connectivity index (χ4n) is 2.11. The second-order valence-electron chi connectivity index (χ2n) is 5.10. The topological polar surface area (TPSA) is 81.5 Å². The van der Waals surface area contributed by atoms with E-state index in [9.17, 15) is 19.3 Å². The number of nitrogens with one attached hydrogen (secondary N) is 1. The molecule has 0 radical (unpaired) electrons. The molecule has 0 aliphatic carbocycles. The Bertz CT molecular complexity index is 545. The first-order valence-electron chi connectivity index (χ1n) is 5.68. The normalized spacial score (nSPS) is 21.4. The molecule has 1 heterocycles. The predicted octanol–water partition coefficient (Wildman–Crippen LogP) is 2.54. The zero-order valence-corrected chi connectivity index (χ0v) is 10.5. The average molecular weight is 268 g/mol. The van der Waals surface area contributed by atoms with E-state index in [1.807, 2.05) is 0 Å². The molecular formula is C12H13FN2O4. The SMILES string of the molecule is CC1(C)COC(=O)N[C@H]1c1cc(F)ccc1[N+](=O)[O-]. The molecule has 19 heavy (non-hydrogen) atoms. The summed E-state index contributed by atoms with van der Waals surface area (Å²) in [5.74, 6) is -0.586. The Morgan fingerprint density at radius 1 is 1.53 bits per heavy atom. The zero-order chi connectivity index (χ0) is 14.2. The highest BCUT2D eigenvalue weighted by atomic mass is 19.1. The molecule has 1 fully saturated rings. The van der Waals surface area contributed by atoms with Gasteiger partial charge in [-0.3, -0.25) is 10.1 Å². The molecule has 1 aromatic carbocycles. The largest absolute Gasteiger partial charge is 0.449 e. The molecular weight excluding hydrogens is 255 g/mol. The van der Waals surface area contributed by atoms with Crippen molar-refractivity contribution >= 4 is 11.8 Å². The summed E-state index contributed by atoms with van der Waals surface area (Å²) in [5, 5.41) is 13.5. The standard InChI is InChI=1S/C12H13FN2O4/c1-12(2)6-19-11(16)14-10(12)8-5-7(13)3-4-9(8)15(17)18/h3-5,10H,6H2,1-2H3,(H,14,16)/t10-/m0/s1. The molecule has 1 aromatic rings. The summed E-state index contributed by atoms with van der Waals surface area (Å²) in [7, 11) is 0. The van der Waals surface area contributed by atoms with Crippen LogP contribution in [0.25, 0.3) is 0 Å². The second kappa shape index (κ2) is 4.49. The molecule has 1 aliphatic rings. The van der Waals surface area contributed by atoms with Crippen LogP contribution >= 0.6 is 0 Å². The number of ether oxygens (including phenoxy) is 1. The number of carbonyl (C=O) groups is 1. The first kappa shape index (κ1) is 13.3. The van der Waals surface area contributed by atoms with Crippen LogP contribution in [0.5, 0.6) is 0 Å². The first-order chi connectivity index (χ1) is 8.81. The van der Waals surface area contributed by atoms with Crippen LogP contribution in [0.4, 0.5) is 14.9 Å². The van der Waals surface area contributed by atoms with Crippen LogP contribution in [0, 0.1) is 21.3 Å². The van der Waals surface area contributed by atoms with Crippen molar-refractivity contribution in [2.45, 2.75) is 19.9 Å². The van der Waals surface area contributed by atoms with Crippen molar-refractivity contribution in [1.82, 2.24) is 5.32 Å². The quantitative estimate of drug-likeness (QED) is 0.660. The van der Waals surface area contributed by atoms with Gasteiger partial charge in [0.1, 0.15) is 12.4 Å². The van der Waals surface area contributed by atoms with Crippen LogP contribution in [0.15, 0.2) is 18.2 Å². The molecule has 1 N–H and O–H groups in total. The fourth-order valence-corrected chi connectivity index (χ4v) is 2.11. The van der Waals surface area contributed by atoms with E-state index in [2.05, 4.69) is 5.32 Å². The van der Waals surface area contributed by atoms with Gasteiger partial charge in [-0.15, -0.1) is 0 Å². The zero-order valence-electron chi connectivity index (χ0n) is 10.5. The lowest BCUT2D eigenvalue weighted by atomic mass is 9.80. The number of halogens is 1. The number of nitro groups is 1. The van der Waals surface area contributed by atoms with Gasteiger partial charge in [0.2, 0.25) is 0 Å². The maximum absolute atomic E-state index is 13.3. The third kappa shape index (κ3) is 2.49. The Morgan fingerprint density at radius 2 is 2.21 bits per heavy atom. The van der Waals surface area contributed by atoms with Gasteiger partial charge in [0.25, 0.3) is 5.69 Å². The van der Waals surface area contributed by atoms with E-state index in [1.165, 1.54) is 0 Å². The van der Waals surface area contributed by atoms with E-state index in [0.29, 0.717) is 0 Å². The fraction of sp³-hybridized carbons (Fsp3) is 0.417. The predicted molar refractivity (Wildman–Crippen MR) is 64.1 cm³/mol. The maximum atomic E-state index is 13.3. The van der Waals surface area contributed by atoms with Crippen LogP contribution in [0.2, 0.25) is 0 Å². The monoisotopic (exact) mass is 268 g/mol. The lowest BCUT2D eigenvalue weighted by molar-refractivity contribution is -0.386. The van der Waals surface area contributed by atoms with E-state index >= 15 is 0 Å². The molecule has 0 spiro atoms. The summed E-state index contributed by atoms with van der Waals surface area (Å²) < 4.78 is 18.2. The van der Waals surface area contributed by atoms with Gasteiger partial charge < -0.3 is 10.1 Å². The Morgan fingerprint density at radius 3 is 2.84 bits per heavy atom. The van der Waals surface area contributed by atoms with Crippen LogP contribution in [-0.2, 0) is 4.74 Å². The van der Waals surface area contributed by atoms with Crippen molar-refractivity contribution in [2.24, 2.45) is 5.41 Å². The first-order valence-corrected chi connectivity index (χ1v) is 5.68. The lowest BCUT2D eigenvalue weighted by Crippen LogP contribution is -2.47. The molecule has 0 saturated carbocycles. The molecule has 0 bridgehead atoms. The highest BCUT2D eigenvalue weighted by molar-refractivity contribution is 5.69. The van der Waals surface area contributed by atoms with Crippen molar-refractivity contribution in [3.05, 3.63) is 39.7 Å². The molecule has 2 rings (SSSR count). The van der Waals surface area contributed by atoms with Gasteiger partial charge in [-0.25, -0.2) is 9.18 Å². The van der Waals surface area contributed by atoms with E-state index < -0.39 is 28.3 Å². The molecule has 1 atom stereocenters. The van der Waals surface area contributed by atoms with E-state index in [-0.39, 0.29) is 17.9 Å². The van der Waals surface area contributed by atoms with Crippen LogP contribution in [0.1, 0.15) is 25.5 Å². The molecule has 1 amide bonds. The molecule has 1 saturated heterocycles. The summed E-state index contributed by atoms with van der Waals surface area (Å²) in [5.41, 5.74) is -0.653. The van der Waals surface area contributed by atoms with Gasteiger partial charge in [0, 0.05) is 11.5 Å². The number of nitrogens with zero attached hydrogens (tertiary/aromatic N) is 1. The Kier molecular flexibility index (Phi) is 3.13.